The van der Waals surface area contributed by atoms with E-state index in [9.17, 15) is 9.90 Å². The van der Waals surface area contributed by atoms with E-state index in [4.69, 9.17) is 0 Å². The number of H-pyrrole nitrogens is 1. The Morgan fingerprint density at radius 3 is 2.57 bits per heavy atom. The lowest BCUT2D eigenvalue weighted by molar-refractivity contribution is 0.154. The molecule has 5 nitrogen and oxygen atoms in total. The maximum atomic E-state index is 12.7. The van der Waals surface area contributed by atoms with E-state index in [2.05, 4.69) is 65.9 Å². The van der Waals surface area contributed by atoms with E-state index in [0.29, 0.717) is 13.1 Å². The van der Waals surface area contributed by atoms with Crippen LogP contribution in [-0.2, 0) is 6.54 Å². The zero-order chi connectivity index (χ0) is 21.3. The molecule has 1 aliphatic rings. The number of rotatable bonds is 5. The molecule has 2 heterocycles. The highest BCUT2D eigenvalue weighted by Gasteiger charge is 2.18. The quantitative estimate of drug-likeness (QED) is 0.670. The average molecular weight is 406 g/mol. The van der Waals surface area contributed by atoms with Crippen LogP contribution in [0.5, 0.6) is 0 Å². The van der Waals surface area contributed by atoms with Gasteiger partial charge in [0, 0.05) is 48.6 Å². The highest BCUT2D eigenvalue weighted by Crippen LogP contribution is 2.25. The summed E-state index contributed by atoms with van der Waals surface area (Å²) in [7, 11) is 0. The third-order valence-electron chi connectivity index (χ3n) is 6.25. The van der Waals surface area contributed by atoms with Gasteiger partial charge in [-0.3, -0.25) is 4.79 Å². The van der Waals surface area contributed by atoms with Crippen molar-refractivity contribution in [2.75, 3.05) is 29.4 Å². The third kappa shape index (κ3) is 4.21. The van der Waals surface area contributed by atoms with Crippen LogP contribution in [0, 0.1) is 13.8 Å². The Morgan fingerprint density at radius 2 is 1.87 bits per heavy atom. The van der Waals surface area contributed by atoms with Crippen molar-refractivity contribution in [3.8, 4) is 0 Å². The van der Waals surface area contributed by atoms with Crippen LogP contribution in [0.4, 0.5) is 11.4 Å². The predicted molar refractivity (Wildman–Crippen MR) is 125 cm³/mol. The fourth-order valence-corrected chi connectivity index (χ4v) is 4.29. The SMILES string of the molecule is CCN(Cc1cc2cc(C)c(C)cc2[nH]c1=O)c1ccc(N2CCC[C@H](O)C2)cc1. The molecule has 0 bridgehead atoms. The first kappa shape index (κ1) is 20.5. The summed E-state index contributed by atoms with van der Waals surface area (Å²) in [6.45, 7) is 9.33. The van der Waals surface area contributed by atoms with Crippen LogP contribution in [0.15, 0.2) is 47.3 Å². The number of hydrogen-bond donors (Lipinski definition) is 2. The molecule has 1 fully saturated rings. The van der Waals surface area contributed by atoms with Crippen molar-refractivity contribution in [3.05, 3.63) is 69.5 Å². The van der Waals surface area contributed by atoms with Gasteiger partial charge in [0.2, 0.25) is 0 Å². The molecule has 1 atom stereocenters. The van der Waals surface area contributed by atoms with Gasteiger partial charge in [0.25, 0.3) is 5.56 Å². The van der Waals surface area contributed by atoms with Gasteiger partial charge in [-0.05, 0) is 92.6 Å². The number of piperidine rings is 1. The zero-order valence-electron chi connectivity index (χ0n) is 18.1. The molecule has 0 saturated carbocycles. The summed E-state index contributed by atoms with van der Waals surface area (Å²) < 4.78 is 0. The monoisotopic (exact) mass is 405 g/mol. The van der Waals surface area contributed by atoms with Crippen LogP contribution >= 0.6 is 0 Å². The molecule has 1 aromatic heterocycles. The van der Waals surface area contributed by atoms with Crippen LogP contribution in [0.2, 0.25) is 0 Å². The zero-order valence-corrected chi connectivity index (χ0v) is 18.1. The van der Waals surface area contributed by atoms with E-state index < -0.39 is 0 Å². The fourth-order valence-electron chi connectivity index (χ4n) is 4.29. The predicted octanol–water partition coefficient (Wildman–Crippen LogP) is 4.13. The Hall–Kier alpha value is -2.79. The molecule has 1 saturated heterocycles. The van der Waals surface area contributed by atoms with E-state index >= 15 is 0 Å². The Labute approximate surface area is 178 Å². The second-order valence-corrected chi connectivity index (χ2v) is 8.42. The minimum atomic E-state index is -0.238. The number of aliphatic hydroxyl groups excluding tert-OH is 1. The summed E-state index contributed by atoms with van der Waals surface area (Å²) in [5, 5.41) is 11.0. The van der Waals surface area contributed by atoms with Crippen LogP contribution in [0.1, 0.15) is 36.5 Å². The summed E-state index contributed by atoms with van der Waals surface area (Å²) in [6.07, 6.45) is 1.67. The first-order valence-electron chi connectivity index (χ1n) is 10.9. The smallest absolute Gasteiger partial charge is 0.253 e. The number of pyridine rings is 1. The number of hydrogen-bond acceptors (Lipinski definition) is 4. The van der Waals surface area contributed by atoms with Crippen molar-refractivity contribution in [1.29, 1.82) is 0 Å². The van der Waals surface area contributed by atoms with Gasteiger partial charge >= 0.3 is 0 Å². The second-order valence-electron chi connectivity index (χ2n) is 8.42. The highest BCUT2D eigenvalue weighted by atomic mass is 16.3. The highest BCUT2D eigenvalue weighted by molar-refractivity contribution is 5.80. The minimum absolute atomic E-state index is 0.0249. The van der Waals surface area contributed by atoms with Crippen LogP contribution in [-0.4, -0.2) is 35.8 Å². The summed E-state index contributed by atoms with van der Waals surface area (Å²) in [6, 6.07) is 14.7. The molecule has 3 aromatic rings. The number of nitrogens with one attached hydrogen (secondary N) is 1. The molecule has 158 valence electrons. The Morgan fingerprint density at radius 1 is 1.13 bits per heavy atom. The first-order valence-corrected chi connectivity index (χ1v) is 10.9. The van der Waals surface area contributed by atoms with E-state index in [1.807, 2.05) is 12.1 Å². The first-order chi connectivity index (χ1) is 14.4. The second kappa shape index (κ2) is 8.52. The van der Waals surface area contributed by atoms with Crippen molar-refractivity contribution in [2.45, 2.75) is 46.3 Å². The number of aryl methyl sites for hydroxylation is 2. The van der Waals surface area contributed by atoms with Gasteiger partial charge in [0.05, 0.1) is 6.10 Å². The van der Waals surface area contributed by atoms with E-state index in [-0.39, 0.29) is 11.7 Å². The molecule has 0 radical (unpaired) electrons. The van der Waals surface area contributed by atoms with Crippen LogP contribution in [0.25, 0.3) is 10.9 Å². The lowest BCUT2D eigenvalue weighted by Crippen LogP contribution is -2.38. The summed E-state index contributed by atoms with van der Waals surface area (Å²) in [4.78, 5) is 20.2. The van der Waals surface area contributed by atoms with Gasteiger partial charge < -0.3 is 19.9 Å². The molecule has 30 heavy (non-hydrogen) atoms. The fraction of sp³-hybridized carbons (Fsp3) is 0.400. The molecule has 0 amide bonds. The van der Waals surface area contributed by atoms with Crippen molar-refractivity contribution in [2.24, 2.45) is 0 Å². The maximum Gasteiger partial charge on any atom is 0.253 e. The molecule has 0 aliphatic carbocycles. The van der Waals surface area contributed by atoms with Crippen molar-refractivity contribution in [1.82, 2.24) is 4.98 Å². The number of aromatic nitrogens is 1. The van der Waals surface area contributed by atoms with Gasteiger partial charge in [-0.25, -0.2) is 0 Å². The number of aliphatic hydroxyl groups is 1. The van der Waals surface area contributed by atoms with Crippen molar-refractivity contribution < 1.29 is 5.11 Å². The number of β-amino-alcohol motifs (C(OH)–C–C–N with tert-alkyl or cyclic N) is 1. The van der Waals surface area contributed by atoms with E-state index in [1.165, 1.54) is 11.1 Å². The van der Waals surface area contributed by atoms with E-state index in [0.717, 1.165) is 53.8 Å². The lowest BCUT2D eigenvalue weighted by Gasteiger charge is -2.32. The minimum Gasteiger partial charge on any atom is -0.391 e. The number of aromatic amines is 1. The number of anilines is 2. The van der Waals surface area contributed by atoms with Crippen molar-refractivity contribution in [3.63, 3.8) is 0 Å². The van der Waals surface area contributed by atoms with Crippen molar-refractivity contribution >= 4 is 22.3 Å². The Bertz CT molecular complexity index is 1090. The van der Waals surface area contributed by atoms with E-state index in [1.54, 1.807) is 0 Å². The average Bonchev–Trinajstić information content (AvgIpc) is 2.74. The van der Waals surface area contributed by atoms with Gasteiger partial charge in [-0.2, -0.15) is 0 Å². The van der Waals surface area contributed by atoms with Gasteiger partial charge in [0.15, 0.2) is 0 Å². The topological polar surface area (TPSA) is 59.6 Å². The lowest BCUT2D eigenvalue weighted by atomic mass is 10.0. The summed E-state index contributed by atoms with van der Waals surface area (Å²) in [5.74, 6) is 0. The molecular formula is C25H31N3O2. The molecule has 1 aliphatic heterocycles. The molecule has 2 N–H and O–H groups in total. The number of fused-ring (bicyclic) bond motifs is 1. The Kier molecular flexibility index (Phi) is 5.82. The molecule has 0 spiro atoms. The molecule has 4 rings (SSSR count). The standard InChI is InChI=1S/C25H31N3O2/c1-4-27(21-7-9-22(10-8-21)28-11-5-6-23(29)16-28)15-20-14-19-12-17(2)18(3)13-24(19)26-25(20)30/h7-10,12-14,23,29H,4-6,11,15-16H2,1-3H3,(H,26,30)/t23-/m0/s1. The van der Waals surface area contributed by atoms with Gasteiger partial charge in [-0.1, -0.05) is 0 Å². The molecule has 2 aromatic carbocycles. The van der Waals surface area contributed by atoms with Gasteiger partial charge in [-0.15, -0.1) is 0 Å². The largest absolute Gasteiger partial charge is 0.391 e. The Balaban J connectivity index is 1.56. The summed E-state index contributed by atoms with van der Waals surface area (Å²) >= 11 is 0. The van der Waals surface area contributed by atoms with Gasteiger partial charge in [0.1, 0.15) is 0 Å². The van der Waals surface area contributed by atoms with Crippen LogP contribution < -0.4 is 15.4 Å². The number of nitrogens with zero attached hydrogens (tertiary/aromatic N) is 2. The number of benzene rings is 2. The maximum absolute atomic E-state index is 12.7. The normalized spacial score (nSPS) is 16.8. The summed E-state index contributed by atoms with van der Waals surface area (Å²) in [5.41, 5.74) is 6.29. The molecule has 5 heteroatoms. The molecular weight excluding hydrogens is 374 g/mol. The third-order valence-corrected chi connectivity index (χ3v) is 6.25. The molecule has 0 unspecified atom stereocenters. The van der Waals surface area contributed by atoms with Crippen LogP contribution in [0.3, 0.4) is 0 Å².